The number of rotatable bonds is 6. The van der Waals surface area contributed by atoms with Crippen molar-refractivity contribution < 1.29 is 14.7 Å². The first-order chi connectivity index (χ1) is 10.6. The third-order valence-electron chi connectivity index (χ3n) is 2.92. The van der Waals surface area contributed by atoms with Crippen LogP contribution in [0.3, 0.4) is 0 Å². The Labute approximate surface area is 143 Å². The minimum Gasteiger partial charge on any atom is -0.477 e. The van der Waals surface area contributed by atoms with Crippen molar-refractivity contribution in [3.05, 3.63) is 11.8 Å². The van der Waals surface area contributed by atoms with Crippen LogP contribution < -0.4 is 5.73 Å². The molecule has 0 aromatic carbocycles. The number of β-lactam (4-membered cyclic amide) rings is 1. The maximum Gasteiger partial charge on any atom is 0.352 e. The maximum atomic E-state index is 11.5. The van der Waals surface area contributed by atoms with Gasteiger partial charge in [0.15, 0.2) is 8.68 Å². The van der Waals surface area contributed by atoms with Gasteiger partial charge in [-0.2, -0.15) is 0 Å². The summed E-state index contributed by atoms with van der Waals surface area (Å²) in [5, 5.41) is 17.3. The van der Waals surface area contributed by atoms with Crippen molar-refractivity contribution in [1.82, 2.24) is 15.1 Å². The summed E-state index contributed by atoms with van der Waals surface area (Å²) in [6.07, 6.45) is 2.00. The zero-order chi connectivity index (χ0) is 15.7. The molecule has 0 saturated carbocycles. The van der Waals surface area contributed by atoms with Gasteiger partial charge in [-0.15, -0.1) is 22.0 Å². The molecular weight excluding hydrogens is 364 g/mol. The number of carboxylic acids is 1. The first-order valence-electron chi connectivity index (χ1n) is 6.34. The van der Waals surface area contributed by atoms with E-state index in [1.165, 1.54) is 28.0 Å². The summed E-state index contributed by atoms with van der Waals surface area (Å²) in [4.78, 5) is 24.2. The molecule has 3 N–H and O–H groups in total. The zero-order valence-corrected chi connectivity index (χ0v) is 14.4. The van der Waals surface area contributed by atoms with Crippen LogP contribution in [0.4, 0.5) is 0 Å². The van der Waals surface area contributed by atoms with E-state index in [2.05, 4.69) is 10.2 Å². The number of carbonyl (C=O) groups is 2. The van der Waals surface area contributed by atoms with Gasteiger partial charge in [0.05, 0.1) is 16.4 Å². The monoisotopic (exact) mass is 376 g/mol. The van der Waals surface area contributed by atoms with Crippen molar-refractivity contribution in [2.45, 2.75) is 25.1 Å². The number of nitrogens with zero attached hydrogens (tertiary/aromatic N) is 3. The third kappa shape index (κ3) is 3.27. The van der Waals surface area contributed by atoms with E-state index in [-0.39, 0.29) is 21.6 Å². The second-order valence-electron chi connectivity index (χ2n) is 4.37. The van der Waals surface area contributed by atoms with E-state index in [0.29, 0.717) is 13.0 Å². The molecule has 3 heterocycles. The maximum absolute atomic E-state index is 11.5. The van der Waals surface area contributed by atoms with Gasteiger partial charge in [0.2, 0.25) is 5.91 Å². The molecule has 1 saturated heterocycles. The lowest BCUT2D eigenvalue weighted by atomic mass is 10.1. The Morgan fingerprint density at radius 3 is 2.95 bits per heavy atom. The fourth-order valence-electron chi connectivity index (χ4n) is 1.97. The summed E-state index contributed by atoms with van der Waals surface area (Å²) < 4.78 is 1.56. The topological polar surface area (TPSA) is 109 Å². The SMILES string of the molecule is NCCSc1nnc(SC2C=C(C(=O)O)N3C(=O)C[C@H]3S2)s1. The number of thioether (sulfide) groups is 3. The molecule has 3 rings (SSSR count). The van der Waals surface area contributed by atoms with E-state index in [4.69, 9.17) is 5.73 Å². The summed E-state index contributed by atoms with van der Waals surface area (Å²) >= 11 is 6.07. The fourth-order valence-corrected chi connectivity index (χ4v) is 6.95. The molecule has 1 aromatic rings. The van der Waals surface area contributed by atoms with Crippen molar-refractivity contribution >= 4 is 58.5 Å². The number of nitrogens with two attached hydrogens (primary N) is 1. The summed E-state index contributed by atoms with van der Waals surface area (Å²) in [6.45, 7) is 0.585. The van der Waals surface area contributed by atoms with Gasteiger partial charge in [-0.3, -0.25) is 9.69 Å². The summed E-state index contributed by atoms with van der Waals surface area (Å²) in [5.41, 5.74) is 5.52. The van der Waals surface area contributed by atoms with Crippen molar-refractivity contribution in [1.29, 1.82) is 0 Å². The van der Waals surface area contributed by atoms with Gasteiger partial charge in [0.1, 0.15) is 5.70 Å². The highest BCUT2D eigenvalue weighted by atomic mass is 32.2. The predicted octanol–water partition coefficient (Wildman–Crippen LogP) is 1.28. The first-order valence-corrected chi connectivity index (χ1v) is 9.96. The molecule has 118 valence electrons. The van der Waals surface area contributed by atoms with E-state index >= 15 is 0 Å². The summed E-state index contributed by atoms with van der Waals surface area (Å²) in [6, 6.07) is 0. The average Bonchev–Trinajstić information content (AvgIpc) is 2.90. The highest BCUT2D eigenvalue weighted by Crippen LogP contribution is 2.46. The van der Waals surface area contributed by atoms with Crippen molar-refractivity contribution in [2.75, 3.05) is 12.3 Å². The lowest BCUT2D eigenvalue weighted by molar-refractivity contribution is -0.146. The highest BCUT2D eigenvalue weighted by Gasteiger charge is 2.45. The van der Waals surface area contributed by atoms with Gasteiger partial charge in [0.25, 0.3) is 0 Å². The molecule has 0 bridgehead atoms. The lowest BCUT2D eigenvalue weighted by Gasteiger charge is -2.44. The van der Waals surface area contributed by atoms with Crippen LogP contribution in [0.5, 0.6) is 0 Å². The fraction of sp³-hybridized carbons (Fsp3) is 0.455. The predicted molar refractivity (Wildman–Crippen MR) is 87.9 cm³/mol. The van der Waals surface area contributed by atoms with Crippen molar-refractivity contribution in [2.24, 2.45) is 5.73 Å². The molecule has 2 aliphatic heterocycles. The normalized spacial score (nSPS) is 23.8. The van der Waals surface area contributed by atoms with Gasteiger partial charge in [-0.1, -0.05) is 34.9 Å². The molecule has 1 aromatic heterocycles. The van der Waals surface area contributed by atoms with Gasteiger partial charge in [0, 0.05) is 12.3 Å². The standard InChI is InChI=1S/C11H12N4O3S4/c12-1-2-19-10-13-14-11(22-10)21-8-3-5(9(17)18)15-6(16)4-7(15)20-8/h3,7-8H,1-2,4,12H2,(H,17,18)/t7-,8?/m1/s1. The van der Waals surface area contributed by atoms with Gasteiger partial charge >= 0.3 is 5.97 Å². The van der Waals surface area contributed by atoms with E-state index in [9.17, 15) is 14.7 Å². The highest BCUT2D eigenvalue weighted by molar-refractivity contribution is 8.18. The molecule has 0 radical (unpaired) electrons. The number of hydrogen-bond donors (Lipinski definition) is 2. The molecule has 0 aliphatic carbocycles. The van der Waals surface area contributed by atoms with Gasteiger partial charge in [-0.05, 0) is 6.08 Å². The second-order valence-corrected chi connectivity index (χ2v) is 9.70. The van der Waals surface area contributed by atoms with Crippen LogP contribution in [0.25, 0.3) is 0 Å². The van der Waals surface area contributed by atoms with Crippen LogP contribution in [0.15, 0.2) is 20.5 Å². The number of aliphatic carboxylic acids is 1. The molecule has 2 atom stereocenters. The Morgan fingerprint density at radius 2 is 2.27 bits per heavy atom. The summed E-state index contributed by atoms with van der Waals surface area (Å²) in [5.74, 6) is -0.411. The lowest BCUT2D eigenvalue weighted by Crippen LogP contribution is -2.53. The number of carbonyl (C=O) groups excluding carboxylic acids is 1. The minimum atomic E-state index is -1.07. The molecule has 7 nitrogen and oxygen atoms in total. The molecule has 2 aliphatic rings. The number of amides is 1. The largest absolute Gasteiger partial charge is 0.477 e. The van der Waals surface area contributed by atoms with Crippen LogP contribution >= 0.6 is 46.6 Å². The minimum absolute atomic E-state index is 0.0692. The number of hydrogen-bond acceptors (Lipinski definition) is 9. The third-order valence-corrected chi connectivity index (χ3v) is 7.71. The molecule has 1 unspecified atom stereocenters. The zero-order valence-electron chi connectivity index (χ0n) is 11.2. The number of fused-ring (bicyclic) bond motifs is 1. The van der Waals surface area contributed by atoms with Crippen LogP contribution in [-0.2, 0) is 9.59 Å². The molecular formula is C11H12N4O3S4. The van der Waals surface area contributed by atoms with E-state index in [1.807, 2.05) is 0 Å². The molecule has 22 heavy (non-hydrogen) atoms. The first kappa shape index (κ1) is 16.1. The van der Waals surface area contributed by atoms with E-state index in [0.717, 1.165) is 14.4 Å². The van der Waals surface area contributed by atoms with Crippen molar-refractivity contribution in [3.63, 3.8) is 0 Å². The Kier molecular flexibility index (Phi) is 4.97. The Balaban J connectivity index is 1.70. The van der Waals surface area contributed by atoms with E-state index in [1.54, 1.807) is 29.6 Å². The van der Waals surface area contributed by atoms with Gasteiger partial charge < -0.3 is 10.8 Å². The Morgan fingerprint density at radius 1 is 1.50 bits per heavy atom. The number of carboxylic acid groups (broad SMARTS) is 1. The van der Waals surface area contributed by atoms with Crippen LogP contribution in [-0.4, -0.2) is 54.3 Å². The van der Waals surface area contributed by atoms with Crippen LogP contribution in [0.2, 0.25) is 0 Å². The van der Waals surface area contributed by atoms with Gasteiger partial charge in [-0.25, -0.2) is 4.79 Å². The van der Waals surface area contributed by atoms with Crippen LogP contribution in [0.1, 0.15) is 6.42 Å². The van der Waals surface area contributed by atoms with Crippen LogP contribution in [0, 0.1) is 0 Å². The molecule has 0 spiro atoms. The molecule has 1 fully saturated rings. The second kappa shape index (κ2) is 6.79. The average molecular weight is 377 g/mol. The smallest absolute Gasteiger partial charge is 0.352 e. The molecule has 1 amide bonds. The van der Waals surface area contributed by atoms with E-state index < -0.39 is 5.97 Å². The molecule has 11 heteroatoms. The quantitative estimate of drug-likeness (QED) is 0.560. The Hall–Kier alpha value is -0.750. The number of aromatic nitrogens is 2. The summed E-state index contributed by atoms with van der Waals surface area (Å²) in [7, 11) is 0. The Bertz CT molecular complexity index is 635. The van der Waals surface area contributed by atoms with Crippen molar-refractivity contribution in [3.8, 4) is 0 Å².